The molecular formula is C19H32N4O. The Hall–Kier alpha value is -2.04. The molecule has 0 aliphatic rings. The lowest BCUT2D eigenvalue weighted by molar-refractivity contribution is -0.127. The molecule has 5 heteroatoms. The van der Waals surface area contributed by atoms with Gasteiger partial charge < -0.3 is 15.5 Å². The molecule has 0 aliphatic heterocycles. The number of nitrogens with zero attached hydrogens (tertiary/aromatic N) is 2. The zero-order chi connectivity index (χ0) is 18.1. The maximum atomic E-state index is 11.8. The van der Waals surface area contributed by atoms with Crippen LogP contribution < -0.4 is 10.6 Å². The van der Waals surface area contributed by atoms with Crippen LogP contribution in [0.2, 0.25) is 0 Å². The molecule has 0 saturated heterocycles. The summed E-state index contributed by atoms with van der Waals surface area (Å²) in [7, 11) is 3.49. The van der Waals surface area contributed by atoms with Crippen molar-refractivity contribution in [1.29, 1.82) is 0 Å². The smallest absolute Gasteiger partial charge is 0.243 e. The fourth-order valence-electron chi connectivity index (χ4n) is 2.13. The van der Waals surface area contributed by atoms with E-state index in [0.29, 0.717) is 17.8 Å². The molecule has 1 aromatic carbocycles. The molecule has 2 atom stereocenters. The predicted octanol–water partition coefficient (Wildman–Crippen LogP) is 2.46. The molecule has 0 saturated carbocycles. The van der Waals surface area contributed by atoms with Gasteiger partial charge in [-0.25, -0.2) is 4.99 Å². The monoisotopic (exact) mass is 332 g/mol. The summed E-state index contributed by atoms with van der Waals surface area (Å²) >= 11 is 0. The predicted molar refractivity (Wildman–Crippen MR) is 101 cm³/mol. The lowest BCUT2D eigenvalue weighted by Crippen LogP contribution is -2.45. The fourth-order valence-corrected chi connectivity index (χ4v) is 2.13. The summed E-state index contributed by atoms with van der Waals surface area (Å²) in [4.78, 5) is 17.8. The van der Waals surface area contributed by atoms with Crippen LogP contribution >= 0.6 is 0 Å². The first kappa shape index (κ1) is 20.0. The van der Waals surface area contributed by atoms with Crippen molar-refractivity contribution in [2.45, 2.75) is 39.7 Å². The van der Waals surface area contributed by atoms with Gasteiger partial charge in [0.1, 0.15) is 6.54 Å². The number of amides is 1. The first-order valence-electron chi connectivity index (χ1n) is 8.61. The number of nitrogens with one attached hydrogen (secondary N) is 2. The molecule has 24 heavy (non-hydrogen) atoms. The third-order valence-corrected chi connectivity index (χ3v) is 3.99. The van der Waals surface area contributed by atoms with E-state index in [4.69, 9.17) is 0 Å². The Balaban J connectivity index is 2.75. The van der Waals surface area contributed by atoms with E-state index in [9.17, 15) is 4.79 Å². The molecule has 0 radical (unpaired) electrons. The highest BCUT2D eigenvalue weighted by molar-refractivity contribution is 5.85. The van der Waals surface area contributed by atoms with Gasteiger partial charge in [-0.1, -0.05) is 51.1 Å². The first-order chi connectivity index (χ1) is 11.3. The van der Waals surface area contributed by atoms with Crippen molar-refractivity contribution in [2.24, 2.45) is 10.9 Å². The molecule has 134 valence electrons. The van der Waals surface area contributed by atoms with Gasteiger partial charge >= 0.3 is 0 Å². The Morgan fingerprint density at radius 2 is 1.75 bits per heavy atom. The topological polar surface area (TPSA) is 56.7 Å². The maximum absolute atomic E-state index is 11.8. The third-order valence-electron chi connectivity index (χ3n) is 3.99. The van der Waals surface area contributed by atoms with E-state index >= 15 is 0 Å². The largest absolute Gasteiger partial charge is 0.356 e. The minimum absolute atomic E-state index is 0.00981. The molecule has 5 nitrogen and oxygen atoms in total. The Kier molecular flexibility index (Phi) is 8.30. The molecule has 1 rings (SSSR count). The van der Waals surface area contributed by atoms with E-state index in [1.807, 2.05) is 6.07 Å². The summed E-state index contributed by atoms with van der Waals surface area (Å²) < 4.78 is 0. The summed E-state index contributed by atoms with van der Waals surface area (Å²) in [5.41, 5.74) is 1.28. The molecule has 0 aromatic heterocycles. The van der Waals surface area contributed by atoms with Crippen molar-refractivity contribution in [3.8, 4) is 0 Å². The Bertz CT molecular complexity index is 525. The molecule has 2 N–H and O–H groups in total. The lowest BCUT2D eigenvalue weighted by Gasteiger charge is -2.24. The van der Waals surface area contributed by atoms with Crippen LogP contribution in [0.25, 0.3) is 0 Å². The van der Waals surface area contributed by atoms with Crippen LogP contribution in [0.4, 0.5) is 0 Å². The molecule has 0 spiro atoms. The van der Waals surface area contributed by atoms with Gasteiger partial charge in [0.2, 0.25) is 5.91 Å². The Morgan fingerprint density at radius 1 is 1.12 bits per heavy atom. The molecule has 0 heterocycles. The molecule has 2 unspecified atom stereocenters. The number of carbonyl (C=O) groups excluding carboxylic acids is 1. The Labute approximate surface area is 146 Å². The van der Waals surface area contributed by atoms with Crippen LogP contribution in [0.1, 0.15) is 39.2 Å². The van der Waals surface area contributed by atoms with Gasteiger partial charge in [0.25, 0.3) is 0 Å². The number of aliphatic imine (C=N–C) groups is 1. The van der Waals surface area contributed by atoms with E-state index in [1.54, 1.807) is 19.0 Å². The minimum atomic E-state index is -0.00981. The minimum Gasteiger partial charge on any atom is -0.356 e. The van der Waals surface area contributed by atoms with Gasteiger partial charge in [-0.15, -0.1) is 0 Å². The highest BCUT2D eigenvalue weighted by Crippen LogP contribution is 2.18. The normalized spacial score (nSPS) is 14.2. The van der Waals surface area contributed by atoms with Gasteiger partial charge in [-0.2, -0.15) is 0 Å². The van der Waals surface area contributed by atoms with Crippen molar-refractivity contribution in [3.05, 3.63) is 35.9 Å². The number of likely N-dealkylation sites (N-methyl/N-ethyl adjacent to an activating group) is 1. The van der Waals surface area contributed by atoms with Gasteiger partial charge in [-0.3, -0.25) is 4.79 Å². The van der Waals surface area contributed by atoms with Gasteiger partial charge in [0.15, 0.2) is 5.96 Å². The second kappa shape index (κ2) is 9.96. The number of benzene rings is 1. The highest BCUT2D eigenvalue weighted by Gasteiger charge is 2.16. The average molecular weight is 332 g/mol. The molecule has 1 aromatic rings. The summed E-state index contributed by atoms with van der Waals surface area (Å²) in [6.07, 6.45) is 0. The summed E-state index contributed by atoms with van der Waals surface area (Å²) in [5.74, 6) is 1.52. The second-order valence-electron chi connectivity index (χ2n) is 6.86. The van der Waals surface area contributed by atoms with E-state index in [1.165, 1.54) is 5.56 Å². The summed E-state index contributed by atoms with van der Waals surface area (Å²) in [5, 5.41) is 6.75. The van der Waals surface area contributed by atoms with Crippen LogP contribution in [0.5, 0.6) is 0 Å². The van der Waals surface area contributed by atoms with Crippen molar-refractivity contribution < 1.29 is 4.79 Å². The summed E-state index contributed by atoms with van der Waals surface area (Å²) in [6.45, 7) is 9.58. The third kappa shape index (κ3) is 7.02. The average Bonchev–Trinajstić information content (AvgIpc) is 2.56. The molecular weight excluding hydrogens is 300 g/mol. The first-order valence-corrected chi connectivity index (χ1v) is 8.61. The molecule has 0 bridgehead atoms. The quantitative estimate of drug-likeness (QED) is 0.596. The van der Waals surface area contributed by atoms with Gasteiger partial charge in [0.05, 0.1) is 0 Å². The number of guanidine groups is 1. The summed E-state index contributed by atoms with van der Waals surface area (Å²) in [6, 6.07) is 10.6. The molecule has 1 amide bonds. The molecule has 0 aliphatic carbocycles. The van der Waals surface area contributed by atoms with E-state index in [-0.39, 0.29) is 18.5 Å². The lowest BCUT2D eigenvalue weighted by atomic mass is 9.94. The van der Waals surface area contributed by atoms with Crippen molar-refractivity contribution in [3.63, 3.8) is 0 Å². The van der Waals surface area contributed by atoms with Crippen LogP contribution in [0.15, 0.2) is 35.3 Å². The highest BCUT2D eigenvalue weighted by atomic mass is 16.2. The van der Waals surface area contributed by atoms with Crippen molar-refractivity contribution in [1.82, 2.24) is 15.5 Å². The zero-order valence-corrected chi connectivity index (χ0v) is 15.8. The van der Waals surface area contributed by atoms with E-state index in [0.717, 1.165) is 6.54 Å². The Morgan fingerprint density at radius 3 is 2.29 bits per heavy atom. The standard InChI is InChI=1S/C19H32N4O/c1-14(2)12-20-19(21-13-18(24)23(5)6)22-16(4)15(3)17-10-8-7-9-11-17/h7-11,14-16H,12-13H2,1-6H3,(H2,20,21,22). The maximum Gasteiger partial charge on any atom is 0.243 e. The van der Waals surface area contributed by atoms with Crippen LogP contribution in [0, 0.1) is 5.92 Å². The fraction of sp³-hybridized carbons (Fsp3) is 0.579. The second-order valence-corrected chi connectivity index (χ2v) is 6.86. The number of rotatable bonds is 7. The van der Waals surface area contributed by atoms with Crippen LogP contribution in [-0.2, 0) is 4.79 Å². The van der Waals surface area contributed by atoms with Crippen molar-refractivity contribution >= 4 is 11.9 Å². The number of hydrogen-bond donors (Lipinski definition) is 2. The van der Waals surface area contributed by atoms with Gasteiger partial charge in [-0.05, 0) is 18.4 Å². The van der Waals surface area contributed by atoms with Crippen LogP contribution in [-0.4, -0.2) is 50.0 Å². The zero-order valence-electron chi connectivity index (χ0n) is 15.8. The van der Waals surface area contributed by atoms with E-state index < -0.39 is 0 Å². The molecule has 0 fully saturated rings. The SMILES string of the molecule is CC(C)CNC(=NCC(=O)N(C)C)NC(C)C(C)c1ccccc1. The van der Waals surface area contributed by atoms with Crippen LogP contribution in [0.3, 0.4) is 0 Å². The van der Waals surface area contributed by atoms with E-state index in [2.05, 4.69) is 67.6 Å². The number of carbonyl (C=O) groups is 1. The van der Waals surface area contributed by atoms with Gasteiger partial charge in [0, 0.05) is 32.6 Å². The van der Waals surface area contributed by atoms with Crippen molar-refractivity contribution in [2.75, 3.05) is 27.2 Å². The number of hydrogen-bond acceptors (Lipinski definition) is 2.